The van der Waals surface area contributed by atoms with Crippen LogP contribution in [0.2, 0.25) is 0 Å². The molecule has 2 aromatic rings. The van der Waals surface area contributed by atoms with Crippen molar-refractivity contribution in [2.75, 3.05) is 5.12 Å². The molecule has 0 saturated carbocycles. The molecule has 0 atom stereocenters. The first kappa shape index (κ1) is 9.64. The predicted molar refractivity (Wildman–Crippen MR) is 58.9 cm³/mol. The average molecular weight is 204 g/mol. The van der Waals surface area contributed by atoms with Gasteiger partial charge in [0, 0.05) is 0 Å². The third-order valence-corrected chi connectivity index (χ3v) is 2.20. The average Bonchev–Trinajstić information content (AvgIpc) is 2.63. The zero-order chi connectivity index (χ0) is 10.8. The van der Waals surface area contributed by atoms with Gasteiger partial charge in [0.05, 0.1) is 22.4 Å². The van der Waals surface area contributed by atoms with Crippen LogP contribution in [-0.4, -0.2) is 15.7 Å². The molecule has 0 spiro atoms. The number of hydrogen-bond acceptors (Lipinski definition) is 3. The molecule has 5 nitrogen and oxygen atoms in total. The summed E-state index contributed by atoms with van der Waals surface area (Å²) < 4.78 is 1.66. The lowest BCUT2D eigenvalue weighted by Crippen LogP contribution is -2.34. The molecule has 1 aromatic heterocycles. The molecule has 0 amide bonds. The van der Waals surface area contributed by atoms with Crippen LogP contribution >= 0.6 is 0 Å². The number of hydrogen-bond donors (Lipinski definition) is 0. The maximum atomic E-state index is 10.7. The van der Waals surface area contributed by atoms with E-state index in [4.69, 9.17) is 0 Å². The van der Waals surface area contributed by atoms with Crippen LogP contribution in [0.3, 0.4) is 0 Å². The summed E-state index contributed by atoms with van der Waals surface area (Å²) in [4.78, 5) is 14.9. The van der Waals surface area contributed by atoms with Gasteiger partial charge in [-0.2, -0.15) is 5.12 Å². The molecular weight excluding hydrogens is 192 g/mol. The zero-order valence-electron chi connectivity index (χ0n) is 8.66. The second kappa shape index (κ2) is 3.68. The molecule has 0 N–H and O–H groups in total. The Morgan fingerprint density at radius 2 is 2.13 bits per heavy atom. The van der Waals surface area contributed by atoms with E-state index in [1.165, 1.54) is 5.12 Å². The Labute approximate surface area is 87.2 Å². The smallest absolute Gasteiger partial charge is 0.118 e. The maximum Gasteiger partial charge on any atom is 0.118 e. The molecule has 0 unspecified atom stereocenters. The molecular formula is C10H12N4O. The number of nitroso groups, excluding NO2 is 1. The van der Waals surface area contributed by atoms with E-state index in [9.17, 15) is 4.91 Å². The van der Waals surface area contributed by atoms with E-state index in [1.54, 1.807) is 11.0 Å². The van der Waals surface area contributed by atoms with Crippen molar-refractivity contribution in [1.29, 1.82) is 0 Å². The van der Waals surface area contributed by atoms with Crippen molar-refractivity contribution in [3.8, 4) is 0 Å². The van der Waals surface area contributed by atoms with Gasteiger partial charge in [0.15, 0.2) is 0 Å². The Morgan fingerprint density at radius 1 is 1.40 bits per heavy atom. The lowest BCUT2D eigenvalue weighted by atomic mass is 10.3. The Hall–Kier alpha value is -1.91. The van der Waals surface area contributed by atoms with Crippen LogP contribution in [0.5, 0.6) is 0 Å². The van der Waals surface area contributed by atoms with Gasteiger partial charge in [-0.25, -0.2) is 9.66 Å². The fourth-order valence-corrected chi connectivity index (χ4v) is 1.49. The summed E-state index contributed by atoms with van der Waals surface area (Å²) in [5.74, 6) is 0. The number of imidazole rings is 1. The minimum absolute atomic E-state index is 0.0000983. The fraction of sp³-hybridized carbons (Fsp3) is 0.300. The van der Waals surface area contributed by atoms with E-state index >= 15 is 0 Å². The molecule has 0 aliphatic rings. The summed E-state index contributed by atoms with van der Waals surface area (Å²) in [6.07, 6.45) is 1.60. The van der Waals surface area contributed by atoms with Crippen molar-refractivity contribution in [3.05, 3.63) is 35.5 Å². The van der Waals surface area contributed by atoms with E-state index in [1.807, 2.05) is 38.1 Å². The predicted octanol–water partition coefficient (Wildman–Crippen LogP) is 2.06. The van der Waals surface area contributed by atoms with Crippen LogP contribution in [0.15, 0.2) is 35.9 Å². The number of benzene rings is 1. The molecule has 78 valence electrons. The number of para-hydroxylation sites is 2. The van der Waals surface area contributed by atoms with E-state index in [-0.39, 0.29) is 6.04 Å². The standard InChI is InChI=1S/C10H12N4O/c1-8(2)14(12-15)13-7-11-9-5-3-4-6-10(9)13/h3-8H,1-2H3. The van der Waals surface area contributed by atoms with Crippen molar-refractivity contribution < 1.29 is 0 Å². The monoisotopic (exact) mass is 204 g/mol. The molecule has 15 heavy (non-hydrogen) atoms. The van der Waals surface area contributed by atoms with Crippen LogP contribution in [-0.2, 0) is 0 Å². The Balaban J connectivity index is 2.55. The van der Waals surface area contributed by atoms with Crippen LogP contribution in [0, 0.1) is 4.91 Å². The van der Waals surface area contributed by atoms with Gasteiger partial charge in [0.1, 0.15) is 6.33 Å². The number of rotatable bonds is 3. The molecule has 1 aromatic carbocycles. The highest BCUT2D eigenvalue weighted by atomic mass is 16.3. The summed E-state index contributed by atoms with van der Waals surface area (Å²) in [5, 5.41) is 4.34. The maximum absolute atomic E-state index is 10.7. The van der Waals surface area contributed by atoms with E-state index in [2.05, 4.69) is 10.3 Å². The normalized spacial score (nSPS) is 10.9. The van der Waals surface area contributed by atoms with Crippen LogP contribution < -0.4 is 5.12 Å². The second-order valence-electron chi connectivity index (χ2n) is 3.57. The van der Waals surface area contributed by atoms with Gasteiger partial charge in [0.2, 0.25) is 0 Å². The Morgan fingerprint density at radius 3 is 2.80 bits per heavy atom. The zero-order valence-corrected chi connectivity index (χ0v) is 8.66. The van der Waals surface area contributed by atoms with Crippen molar-refractivity contribution in [1.82, 2.24) is 9.66 Å². The van der Waals surface area contributed by atoms with E-state index in [0.29, 0.717) is 0 Å². The van der Waals surface area contributed by atoms with E-state index < -0.39 is 0 Å². The molecule has 5 heteroatoms. The van der Waals surface area contributed by atoms with Crippen molar-refractivity contribution in [3.63, 3.8) is 0 Å². The molecule has 0 bridgehead atoms. The van der Waals surface area contributed by atoms with Crippen LogP contribution in [0.1, 0.15) is 13.8 Å². The molecule has 2 rings (SSSR count). The highest BCUT2D eigenvalue weighted by Gasteiger charge is 2.12. The molecule has 0 radical (unpaired) electrons. The summed E-state index contributed by atoms with van der Waals surface area (Å²) in [6, 6.07) is 7.62. The SMILES string of the molecule is CC(C)N(N=O)n1cnc2ccccc21. The third-order valence-electron chi connectivity index (χ3n) is 2.20. The molecule has 1 heterocycles. The number of nitrogens with zero attached hydrogens (tertiary/aromatic N) is 4. The van der Waals surface area contributed by atoms with Gasteiger partial charge in [-0.05, 0) is 26.0 Å². The molecule has 0 aliphatic heterocycles. The largest absolute Gasteiger partial charge is 0.235 e. The van der Waals surface area contributed by atoms with Crippen molar-refractivity contribution >= 4 is 11.0 Å². The highest BCUT2D eigenvalue weighted by Crippen LogP contribution is 2.13. The molecule has 0 aliphatic carbocycles. The Kier molecular flexibility index (Phi) is 2.37. The lowest BCUT2D eigenvalue weighted by Gasteiger charge is -2.20. The van der Waals surface area contributed by atoms with Gasteiger partial charge < -0.3 is 0 Å². The van der Waals surface area contributed by atoms with Crippen molar-refractivity contribution in [2.45, 2.75) is 19.9 Å². The summed E-state index contributed by atoms with van der Waals surface area (Å²) >= 11 is 0. The lowest BCUT2D eigenvalue weighted by molar-refractivity contribution is 0.543. The first-order valence-corrected chi connectivity index (χ1v) is 4.79. The first-order chi connectivity index (χ1) is 7.24. The van der Waals surface area contributed by atoms with Gasteiger partial charge in [-0.15, -0.1) is 4.91 Å². The van der Waals surface area contributed by atoms with Gasteiger partial charge in [-0.3, -0.25) is 0 Å². The first-order valence-electron chi connectivity index (χ1n) is 4.79. The van der Waals surface area contributed by atoms with Gasteiger partial charge in [0.25, 0.3) is 0 Å². The third kappa shape index (κ3) is 1.56. The number of aromatic nitrogens is 2. The second-order valence-corrected chi connectivity index (χ2v) is 3.57. The Bertz CT molecular complexity index is 477. The molecule has 0 fully saturated rings. The van der Waals surface area contributed by atoms with E-state index in [0.717, 1.165) is 11.0 Å². The minimum atomic E-state index is 0.0000983. The highest BCUT2D eigenvalue weighted by molar-refractivity contribution is 5.75. The van der Waals surface area contributed by atoms with Crippen LogP contribution in [0.4, 0.5) is 0 Å². The van der Waals surface area contributed by atoms with Crippen molar-refractivity contribution in [2.24, 2.45) is 5.29 Å². The van der Waals surface area contributed by atoms with Crippen LogP contribution in [0.25, 0.3) is 11.0 Å². The van der Waals surface area contributed by atoms with Gasteiger partial charge in [-0.1, -0.05) is 12.1 Å². The summed E-state index contributed by atoms with van der Waals surface area (Å²) in [6.45, 7) is 3.80. The topological polar surface area (TPSA) is 50.5 Å². The van der Waals surface area contributed by atoms with Gasteiger partial charge >= 0.3 is 0 Å². The summed E-state index contributed by atoms with van der Waals surface area (Å²) in [7, 11) is 0. The fourth-order valence-electron chi connectivity index (χ4n) is 1.49. The molecule has 0 saturated heterocycles. The number of fused-ring (bicyclic) bond motifs is 1. The quantitative estimate of drug-likeness (QED) is 0.568. The minimum Gasteiger partial charge on any atom is -0.235 e. The summed E-state index contributed by atoms with van der Waals surface area (Å²) in [5.41, 5.74) is 1.73.